The minimum atomic E-state index is 0.341. The molecule has 0 aliphatic carbocycles. The van der Waals surface area contributed by atoms with E-state index in [2.05, 4.69) is 30.3 Å². The number of aliphatic hydroxyl groups excluding tert-OH is 1. The SMILES string of the molecule is OCCCCCCCCCc1ccc2ccccc2n1. The summed E-state index contributed by atoms with van der Waals surface area (Å²) in [6.07, 6.45) is 9.59. The van der Waals surface area contributed by atoms with Crippen LogP contribution < -0.4 is 0 Å². The predicted octanol–water partition coefficient (Wildman–Crippen LogP) is 4.50. The average Bonchev–Trinajstić information content (AvgIpc) is 2.50. The number of aromatic nitrogens is 1. The van der Waals surface area contributed by atoms with Crippen LogP contribution in [0.25, 0.3) is 10.9 Å². The largest absolute Gasteiger partial charge is 0.396 e. The van der Waals surface area contributed by atoms with E-state index in [0.29, 0.717) is 6.61 Å². The standard InChI is InChI=1S/C18H25NO/c20-15-9-5-3-1-2-4-6-11-17-14-13-16-10-7-8-12-18(16)19-17/h7-8,10,12-14,20H,1-6,9,11,15H2. The van der Waals surface area contributed by atoms with Crippen LogP contribution in [0, 0.1) is 0 Å². The van der Waals surface area contributed by atoms with E-state index in [1.54, 1.807) is 0 Å². The molecule has 0 unspecified atom stereocenters. The molecule has 2 heteroatoms. The maximum Gasteiger partial charge on any atom is 0.0705 e. The van der Waals surface area contributed by atoms with Gasteiger partial charge in [0.15, 0.2) is 0 Å². The summed E-state index contributed by atoms with van der Waals surface area (Å²) >= 11 is 0. The summed E-state index contributed by atoms with van der Waals surface area (Å²) in [6, 6.07) is 12.6. The number of pyridine rings is 1. The molecule has 20 heavy (non-hydrogen) atoms. The molecule has 0 amide bonds. The first-order chi connectivity index (χ1) is 9.90. The number of rotatable bonds is 9. The smallest absolute Gasteiger partial charge is 0.0705 e. The first-order valence-electron chi connectivity index (χ1n) is 7.86. The molecule has 0 bridgehead atoms. The lowest BCUT2D eigenvalue weighted by Crippen LogP contribution is -1.91. The Labute approximate surface area is 121 Å². The number of fused-ring (bicyclic) bond motifs is 1. The van der Waals surface area contributed by atoms with E-state index in [0.717, 1.165) is 18.4 Å². The number of hydrogen-bond acceptors (Lipinski definition) is 2. The fourth-order valence-corrected chi connectivity index (χ4v) is 2.55. The highest BCUT2D eigenvalue weighted by molar-refractivity contribution is 5.78. The zero-order valence-corrected chi connectivity index (χ0v) is 12.2. The first-order valence-corrected chi connectivity index (χ1v) is 7.86. The van der Waals surface area contributed by atoms with Gasteiger partial charge in [-0.25, -0.2) is 0 Å². The summed E-state index contributed by atoms with van der Waals surface area (Å²) in [5.41, 5.74) is 2.32. The average molecular weight is 271 g/mol. The van der Waals surface area contributed by atoms with Gasteiger partial charge < -0.3 is 5.11 Å². The Hall–Kier alpha value is -1.41. The molecule has 0 radical (unpaired) electrons. The maximum absolute atomic E-state index is 8.70. The van der Waals surface area contributed by atoms with Gasteiger partial charge in [0.25, 0.3) is 0 Å². The topological polar surface area (TPSA) is 33.1 Å². The van der Waals surface area contributed by atoms with Crippen LogP contribution in [-0.2, 0) is 6.42 Å². The zero-order chi connectivity index (χ0) is 14.0. The molecule has 0 aliphatic heterocycles. The molecule has 0 spiro atoms. The highest BCUT2D eigenvalue weighted by Crippen LogP contribution is 2.14. The van der Waals surface area contributed by atoms with Crippen molar-refractivity contribution in [3.8, 4) is 0 Å². The number of para-hydroxylation sites is 1. The second-order valence-corrected chi connectivity index (χ2v) is 5.44. The molecular weight excluding hydrogens is 246 g/mol. The third kappa shape index (κ3) is 4.93. The van der Waals surface area contributed by atoms with Gasteiger partial charge in [-0.2, -0.15) is 0 Å². The Morgan fingerprint density at radius 3 is 2.25 bits per heavy atom. The Balaban J connectivity index is 1.65. The quantitative estimate of drug-likeness (QED) is 0.681. The Kier molecular flexibility index (Phi) is 6.52. The molecule has 0 atom stereocenters. The number of unbranched alkanes of at least 4 members (excludes halogenated alkanes) is 6. The highest BCUT2D eigenvalue weighted by atomic mass is 16.2. The summed E-state index contributed by atoms with van der Waals surface area (Å²) in [6.45, 7) is 0.341. The van der Waals surface area contributed by atoms with Gasteiger partial charge in [0, 0.05) is 17.7 Å². The van der Waals surface area contributed by atoms with Crippen molar-refractivity contribution in [2.45, 2.75) is 51.4 Å². The van der Waals surface area contributed by atoms with E-state index in [-0.39, 0.29) is 0 Å². The second kappa shape index (κ2) is 8.70. The van der Waals surface area contributed by atoms with Gasteiger partial charge in [-0.05, 0) is 31.4 Å². The highest BCUT2D eigenvalue weighted by Gasteiger charge is 1.98. The number of aryl methyl sites for hydroxylation is 1. The van der Waals surface area contributed by atoms with Crippen LogP contribution >= 0.6 is 0 Å². The van der Waals surface area contributed by atoms with Crippen molar-refractivity contribution >= 4 is 10.9 Å². The van der Waals surface area contributed by atoms with Crippen LogP contribution in [0.4, 0.5) is 0 Å². The van der Waals surface area contributed by atoms with E-state index in [1.165, 1.54) is 49.6 Å². The number of benzene rings is 1. The van der Waals surface area contributed by atoms with Crippen molar-refractivity contribution in [3.05, 3.63) is 42.1 Å². The lowest BCUT2D eigenvalue weighted by atomic mass is 10.1. The van der Waals surface area contributed by atoms with Crippen LogP contribution in [0.1, 0.15) is 50.6 Å². The summed E-state index contributed by atoms with van der Waals surface area (Å²) in [5.74, 6) is 0. The maximum atomic E-state index is 8.70. The fraction of sp³-hybridized carbons (Fsp3) is 0.500. The van der Waals surface area contributed by atoms with Crippen molar-refractivity contribution in [1.29, 1.82) is 0 Å². The third-order valence-electron chi connectivity index (χ3n) is 3.75. The van der Waals surface area contributed by atoms with Gasteiger partial charge in [0.2, 0.25) is 0 Å². The van der Waals surface area contributed by atoms with Crippen molar-refractivity contribution in [2.24, 2.45) is 0 Å². The fourth-order valence-electron chi connectivity index (χ4n) is 2.55. The van der Waals surface area contributed by atoms with Gasteiger partial charge >= 0.3 is 0 Å². The molecule has 1 aromatic heterocycles. The van der Waals surface area contributed by atoms with Crippen molar-refractivity contribution in [2.75, 3.05) is 6.61 Å². The molecule has 108 valence electrons. The Morgan fingerprint density at radius 1 is 0.750 bits per heavy atom. The molecule has 1 N–H and O–H groups in total. The van der Waals surface area contributed by atoms with Gasteiger partial charge in [-0.1, -0.05) is 56.4 Å². The number of hydrogen-bond donors (Lipinski definition) is 1. The van der Waals surface area contributed by atoms with E-state index >= 15 is 0 Å². The summed E-state index contributed by atoms with van der Waals surface area (Å²) in [7, 11) is 0. The Morgan fingerprint density at radius 2 is 1.45 bits per heavy atom. The molecule has 1 aromatic carbocycles. The van der Waals surface area contributed by atoms with E-state index in [4.69, 9.17) is 10.1 Å². The normalized spacial score (nSPS) is 11.1. The summed E-state index contributed by atoms with van der Waals surface area (Å²) < 4.78 is 0. The molecule has 2 aromatic rings. The molecule has 2 rings (SSSR count). The molecule has 0 aliphatic rings. The van der Waals surface area contributed by atoms with Crippen LogP contribution in [-0.4, -0.2) is 16.7 Å². The van der Waals surface area contributed by atoms with Gasteiger partial charge in [0.05, 0.1) is 5.52 Å². The third-order valence-corrected chi connectivity index (χ3v) is 3.75. The number of aliphatic hydroxyl groups is 1. The first kappa shape index (κ1) is 15.0. The van der Waals surface area contributed by atoms with E-state index < -0.39 is 0 Å². The number of nitrogens with zero attached hydrogens (tertiary/aromatic N) is 1. The van der Waals surface area contributed by atoms with Crippen LogP contribution in [0.2, 0.25) is 0 Å². The minimum absolute atomic E-state index is 0.341. The lowest BCUT2D eigenvalue weighted by molar-refractivity contribution is 0.282. The monoisotopic (exact) mass is 271 g/mol. The summed E-state index contributed by atoms with van der Waals surface area (Å²) in [4.78, 5) is 4.71. The minimum Gasteiger partial charge on any atom is -0.396 e. The van der Waals surface area contributed by atoms with Gasteiger partial charge in [-0.3, -0.25) is 4.98 Å². The van der Waals surface area contributed by atoms with Crippen LogP contribution in [0.3, 0.4) is 0 Å². The van der Waals surface area contributed by atoms with Crippen molar-refractivity contribution in [3.63, 3.8) is 0 Å². The van der Waals surface area contributed by atoms with E-state index in [1.807, 2.05) is 6.07 Å². The predicted molar refractivity (Wildman–Crippen MR) is 84.9 cm³/mol. The van der Waals surface area contributed by atoms with Crippen molar-refractivity contribution < 1.29 is 5.11 Å². The molecule has 1 heterocycles. The van der Waals surface area contributed by atoms with Crippen LogP contribution in [0.5, 0.6) is 0 Å². The second-order valence-electron chi connectivity index (χ2n) is 5.44. The van der Waals surface area contributed by atoms with Gasteiger partial charge in [-0.15, -0.1) is 0 Å². The Bertz CT molecular complexity index is 509. The lowest BCUT2D eigenvalue weighted by Gasteiger charge is -2.03. The van der Waals surface area contributed by atoms with E-state index in [9.17, 15) is 0 Å². The zero-order valence-electron chi connectivity index (χ0n) is 12.2. The molecule has 2 nitrogen and oxygen atoms in total. The molecular formula is C18H25NO. The van der Waals surface area contributed by atoms with Gasteiger partial charge in [0.1, 0.15) is 0 Å². The van der Waals surface area contributed by atoms with Crippen LogP contribution in [0.15, 0.2) is 36.4 Å². The summed E-state index contributed by atoms with van der Waals surface area (Å²) in [5, 5.41) is 9.92. The molecule has 0 saturated heterocycles. The van der Waals surface area contributed by atoms with Crippen molar-refractivity contribution in [1.82, 2.24) is 4.98 Å². The molecule has 0 saturated carbocycles. The molecule has 0 fully saturated rings.